The maximum Gasteiger partial charge on any atom is 0.166 e. The second kappa shape index (κ2) is 5.81. The van der Waals surface area contributed by atoms with E-state index in [9.17, 15) is 4.79 Å². The number of ketones is 1. The average molecular weight is 230 g/mol. The molecular weight excluding hydrogens is 208 g/mol. The van der Waals surface area contributed by atoms with E-state index < -0.39 is 0 Å². The normalized spacial score (nSPS) is 13.0. The second-order valence-electron chi connectivity index (χ2n) is 4.84. The van der Waals surface area contributed by atoms with Crippen molar-refractivity contribution in [2.75, 3.05) is 0 Å². The van der Waals surface area contributed by atoms with Crippen LogP contribution in [0.4, 0.5) is 0 Å². The number of allylic oxidation sites excluding steroid dienone is 2. The van der Waals surface area contributed by atoms with Gasteiger partial charge in [-0.05, 0) is 45.2 Å². The Morgan fingerprint density at radius 2 is 1.76 bits per heavy atom. The maximum absolute atomic E-state index is 12.4. The van der Waals surface area contributed by atoms with Gasteiger partial charge in [0.1, 0.15) is 0 Å². The fourth-order valence-corrected chi connectivity index (χ4v) is 2.26. The molecular formula is C16H22O. The van der Waals surface area contributed by atoms with E-state index in [1.807, 2.05) is 33.8 Å². The van der Waals surface area contributed by atoms with Gasteiger partial charge >= 0.3 is 0 Å². The number of hydrogen-bond donors (Lipinski definition) is 0. The zero-order chi connectivity index (χ0) is 13.0. The molecule has 0 fully saturated rings. The molecule has 0 aliphatic heterocycles. The number of carbonyl (C=O) groups is 1. The highest BCUT2D eigenvalue weighted by Gasteiger charge is 2.18. The summed E-state index contributed by atoms with van der Waals surface area (Å²) in [6, 6.07) is 4.17. The van der Waals surface area contributed by atoms with E-state index in [1.54, 1.807) is 0 Å². The minimum Gasteiger partial charge on any atom is -0.294 e. The van der Waals surface area contributed by atoms with Gasteiger partial charge in [-0.2, -0.15) is 0 Å². The third-order valence-electron chi connectivity index (χ3n) is 3.10. The molecule has 0 aliphatic rings. The summed E-state index contributed by atoms with van der Waals surface area (Å²) in [7, 11) is 0. The van der Waals surface area contributed by atoms with Gasteiger partial charge in [-0.25, -0.2) is 0 Å². The molecule has 0 heterocycles. The first kappa shape index (κ1) is 13.7. The Morgan fingerprint density at radius 3 is 2.24 bits per heavy atom. The zero-order valence-electron chi connectivity index (χ0n) is 11.5. The van der Waals surface area contributed by atoms with Crippen molar-refractivity contribution in [3.05, 3.63) is 46.5 Å². The van der Waals surface area contributed by atoms with Gasteiger partial charge in [-0.1, -0.05) is 36.8 Å². The molecule has 0 N–H and O–H groups in total. The Labute approximate surface area is 105 Å². The maximum atomic E-state index is 12.4. The molecule has 1 aromatic rings. The summed E-state index contributed by atoms with van der Waals surface area (Å²) < 4.78 is 0. The molecule has 1 atom stereocenters. The van der Waals surface area contributed by atoms with Gasteiger partial charge < -0.3 is 0 Å². The van der Waals surface area contributed by atoms with Crippen molar-refractivity contribution in [3.63, 3.8) is 0 Å². The third kappa shape index (κ3) is 3.29. The van der Waals surface area contributed by atoms with E-state index in [2.05, 4.69) is 25.1 Å². The summed E-state index contributed by atoms with van der Waals surface area (Å²) in [6.45, 7) is 10.1. The van der Waals surface area contributed by atoms with Gasteiger partial charge in [0.05, 0.1) is 0 Å². The molecule has 92 valence electrons. The summed E-state index contributed by atoms with van der Waals surface area (Å²) in [4.78, 5) is 12.4. The van der Waals surface area contributed by atoms with Crippen molar-refractivity contribution in [1.82, 2.24) is 0 Å². The van der Waals surface area contributed by atoms with Gasteiger partial charge in [-0.3, -0.25) is 4.79 Å². The van der Waals surface area contributed by atoms with Crippen LogP contribution >= 0.6 is 0 Å². The highest BCUT2D eigenvalue weighted by Crippen LogP contribution is 2.21. The molecule has 0 saturated heterocycles. The van der Waals surface area contributed by atoms with Crippen LogP contribution in [0.25, 0.3) is 0 Å². The number of carbonyl (C=O) groups excluding carboxylic acids is 1. The van der Waals surface area contributed by atoms with Crippen LogP contribution in [0.3, 0.4) is 0 Å². The Morgan fingerprint density at radius 1 is 1.24 bits per heavy atom. The van der Waals surface area contributed by atoms with Crippen LogP contribution in [0.5, 0.6) is 0 Å². The van der Waals surface area contributed by atoms with Crippen molar-refractivity contribution < 1.29 is 4.79 Å². The van der Waals surface area contributed by atoms with Crippen molar-refractivity contribution >= 4 is 5.78 Å². The molecule has 0 amide bonds. The molecule has 0 bridgehead atoms. The quantitative estimate of drug-likeness (QED) is 0.553. The molecule has 1 heteroatoms. The Hall–Kier alpha value is -1.37. The Balaban J connectivity index is 3.04. The van der Waals surface area contributed by atoms with E-state index in [-0.39, 0.29) is 11.7 Å². The van der Waals surface area contributed by atoms with Crippen LogP contribution in [0.2, 0.25) is 0 Å². The van der Waals surface area contributed by atoms with E-state index in [0.717, 1.165) is 23.1 Å². The highest BCUT2D eigenvalue weighted by molar-refractivity contribution is 6.00. The Bertz CT molecular complexity index is 418. The van der Waals surface area contributed by atoms with Crippen LogP contribution in [0.1, 0.15) is 47.3 Å². The second-order valence-corrected chi connectivity index (χ2v) is 4.84. The lowest BCUT2D eigenvalue weighted by Gasteiger charge is -2.14. The summed E-state index contributed by atoms with van der Waals surface area (Å²) in [6.07, 6.45) is 4.88. The average Bonchev–Trinajstić information content (AvgIpc) is 2.24. The lowest BCUT2D eigenvalue weighted by atomic mass is 9.89. The number of Topliss-reactive ketones (excluding diaryl/α,β-unsaturated/α-hetero) is 1. The first-order valence-electron chi connectivity index (χ1n) is 6.20. The Kier molecular flexibility index (Phi) is 4.68. The molecule has 0 radical (unpaired) electrons. The molecule has 1 rings (SSSR count). The van der Waals surface area contributed by atoms with E-state index in [0.29, 0.717) is 0 Å². The molecule has 0 saturated carbocycles. The lowest BCUT2D eigenvalue weighted by Crippen LogP contribution is -2.14. The van der Waals surface area contributed by atoms with Gasteiger partial charge in [0.15, 0.2) is 5.78 Å². The van der Waals surface area contributed by atoms with E-state index in [4.69, 9.17) is 0 Å². The standard InChI is InChI=1S/C16H22O/c1-6-7-8-12(3)16(17)15-13(4)9-11(2)10-14(15)5/h6-7,9-10,12H,8H2,1-5H3/b7-6+/t12-/m1/s1. The van der Waals surface area contributed by atoms with Gasteiger partial charge in [0.25, 0.3) is 0 Å². The van der Waals surface area contributed by atoms with E-state index >= 15 is 0 Å². The zero-order valence-corrected chi connectivity index (χ0v) is 11.5. The number of aryl methyl sites for hydroxylation is 3. The minimum atomic E-state index is 0.0614. The molecule has 1 aromatic carbocycles. The van der Waals surface area contributed by atoms with Crippen LogP contribution in [-0.4, -0.2) is 5.78 Å². The predicted octanol–water partition coefficient (Wildman–Crippen LogP) is 4.40. The smallest absolute Gasteiger partial charge is 0.166 e. The third-order valence-corrected chi connectivity index (χ3v) is 3.10. The van der Waals surface area contributed by atoms with Crippen molar-refractivity contribution in [3.8, 4) is 0 Å². The SMILES string of the molecule is C/C=C/C[C@@H](C)C(=O)c1c(C)cc(C)cc1C. The first-order chi connectivity index (χ1) is 7.97. The fraction of sp³-hybridized carbons (Fsp3) is 0.438. The van der Waals surface area contributed by atoms with Gasteiger partial charge in [0, 0.05) is 11.5 Å². The summed E-state index contributed by atoms with van der Waals surface area (Å²) in [5.41, 5.74) is 4.32. The topological polar surface area (TPSA) is 17.1 Å². The molecule has 0 aromatic heterocycles. The highest BCUT2D eigenvalue weighted by atomic mass is 16.1. The largest absolute Gasteiger partial charge is 0.294 e. The minimum absolute atomic E-state index is 0.0614. The molecule has 17 heavy (non-hydrogen) atoms. The number of rotatable bonds is 4. The van der Waals surface area contributed by atoms with Crippen LogP contribution in [0, 0.1) is 26.7 Å². The fourth-order valence-electron chi connectivity index (χ4n) is 2.26. The van der Waals surface area contributed by atoms with E-state index in [1.165, 1.54) is 5.56 Å². The molecule has 0 unspecified atom stereocenters. The molecule has 0 aliphatic carbocycles. The summed E-state index contributed by atoms with van der Waals surface area (Å²) >= 11 is 0. The van der Waals surface area contributed by atoms with Crippen LogP contribution in [-0.2, 0) is 0 Å². The molecule has 0 spiro atoms. The summed E-state index contributed by atoms with van der Waals surface area (Å²) in [5, 5.41) is 0. The van der Waals surface area contributed by atoms with Crippen molar-refractivity contribution in [1.29, 1.82) is 0 Å². The summed E-state index contributed by atoms with van der Waals surface area (Å²) in [5.74, 6) is 0.324. The number of benzene rings is 1. The van der Waals surface area contributed by atoms with Crippen LogP contribution in [0.15, 0.2) is 24.3 Å². The van der Waals surface area contributed by atoms with Gasteiger partial charge in [-0.15, -0.1) is 0 Å². The number of hydrogen-bond acceptors (Lipinski definition) is 1. The first-order valence-corrected chi connectivity index (χ1v) is 6.20. The lowest BCUT2D eigenvalue weighted by molar-refractivity contribution is 0.0929. The predicted molar refractivity (Wildman–Crippen MR) is 73.6 cm³/mol. The van der Waals surface area contributed by atoms with Crippen molar-refractivity contribution in [2.24, 2.45) is 5.92 Å². The molecule has 1 nitrogen and oxygen atoms in total. The monoisotopic (exact) mass is 230 g/mol. The van der Waals surface area contributed by atoms with Gasteiger partial charge in [0.2, 0.25) is 0 Å². The van der Waals surface area contributed by atoms with Crippen LogP contribution < -0.4 is 0 Å². The van der Waals surface area contributed by atoms with Crippen molar-refractivity contribution in [2.45, 2.75) is 41.0 Å².